The Hall–Kier alpha value is -2.23. The van der Waals surface area contributed by atoms with Crippen LogP contribution in [0.2, 0.25) is 0 Å². The molecular weight excluding hydrogens is 368 g/mol. The zero-order valence-electron chi connectivity index (χ0n) is 18.9. The van der Waals surface area contributed by atoms with Crippen LogP contribution in [-0.4, -0.2) is 20.0 Å². The first kappa shape index (κ1) is 22.5. The molecule has 30 heavy (non-hydrogen) atoms. The highest BCUT2D eigenvalue weighted by molar-refractivity contribution is 5.82. The van der Waals surface area contributed by atoms with E-state index in [2.05, 4.69) is 60.7 Å². The van der Waals surface area contributed by atoms with Gasteiger partial charge in [-0.2, -0.15) is 0 Å². The van der Waals surface area contributed by atoms with Gasteiger partial charge in [0.2, 0.25) is 0 Å². The average Bonchev–Trinajstić information content (AvgIpc) is 3.24. The van der Waals surface area contributed by atoms with E-state index >= 15 is 0 Å². The van der Waals surface area contributed by atoms with Crippen LogP contribution < -0.4 is 0 Å². The number of para-hydroxylation sites is 1. The zero-order chi connectivity index (χ0) is 21.0. The largest absolute Gasteiger partial charge is 0.252 e. The number of nitrogens with zero attached hydrogens (tertiary/aromatic N) is 4. The Balaban J connectivity index is 1.61. The van der Waals surface area contributed by atoms with Gasteiger partial charge in [0.15, 0.2) is 0 Å². The molecule has 0 bridgehead atoms. The van der Waals surface area contributed by atoms with Crippen molar-refractivity contribution in [1.29, 1.82) is 0 Å². The lowest BCUT2D eigenvalue weighted by molar-refractivity contribution is 0.511. The first-order valence-electron chi connectivity index (χ1n) is 12.1. The van der Waals surface area contributed by atoms with Gasteiger partial charge in [0.1, 0.15) is 5.69 Å². The highest BCUT2D eigenvalue weighted by Gasteiger charge is 2.13. The van der Waals surface area contributed by atoms with E-state index in [0.717, 1.165) is 29.9 Å². The maximum Gasteiger partial charge on any atom is 0.131 e. The third-order valence-electron chi connectivity index (χ3n) is 5.87. The number of hydrogen-bond donors (Lipinski definition) is 0. The molecule has 2 heterocycles. The summed E-state index contributed by atoms with van der Waals surface area (Å²) in [7, 11) is 0. The van der Waals surface area contributed by atoms with Crippen LogP contribution in [0.3, 0.4) is 0 Å². The van der Waals surface area contributed by atoms with E-state index in [1.165, 1.54) is 81.6 Å². The number of aryl methyl sites for hydroxylation is 2. The molecule has 1 aromatic carbocycles. The lowest BCUT2D eigenvalue weighted by Gasteiger charge is -2.09. The van der Waals surface area contributed by atoms with E-state index < -0.39 is 0 Å². The van der Waals surface area contributed by atoms with Gasteiger partial charge in [-0.05, 0) is 37.0 Å². The van der Waals surface area contributed by atoms with Crippen LogP contribution in [0.25, 0.3) is 22.3 Å². The van der Waals surface area contributed by atoms with Gasteiger partial charge in [0, 0.05) is 11.9 Å². The number of fused-ring (bicyclic) bond motifs is 1. The molecular formula is C26H38N4. The summed E-state index contributed by atoms with van der Waals surface area (Å²) in [6.07, 6.45) is 17.4. The standard InChI is InChI=1S/C26H38N4/c1-3-5-7-8-9-10-11-15-19-30-21-25(28-29-30)26-23(17-12-6-4-2)20-22-16-13-14-18-24(22)27-26/h13-14,16,18,20-21H,3-12,15,17,19H2,1-2H3. The Morgan fingerprint density at radius 2 is 1.50 bits per heavy atom. The van der Waals surface area contributed by atoms with Crippen molar-refractivity contribution in [1.82, 2.24) is 20.0 Å². The summed E-state index contributed by atoms with van der Waals surface area (Å²) in [4.78, 5) is 4.97. The fourth-order valence-corrected chi connectivity index (χ4v) is 4.06. The van der Waals surface area contributed by atoms with Crippen LogP contribution in [0.15, 0.2) is 36.5 Å². The third-order valence-corrected chi connectivity index (χ3v) is 5.87. The summed E-state index contributed by atoms with van der Waals surface area (Å²) < 4.78 is 2.00. The normalized spacial score (nSPS) is 11.4. The van der Waals surface area contributed by atoms with Crippen LogP contribution in [0.1, 0.15) is 90.0 Å². The maximum atomic E-state index is 4.97. The number of benzene rings is 1. The second kappa shape index (κ2) is 12.5. The molecule has 0 saturated carbocycles. The molecule has 0 aliphatic rings. The molecule has 0 amide bonds. The number of aromatic nitrogens is 4. The summed E-state index contributed by atoms with van der Waals surface area (Å²) in [5.74, 6) is 0. The molecule has 0 aliphatic carbocycles. The van der Waals surface area contributed by atoms with E-state index in [-0.39, 0.29) is 0 Å². The molecule has 0 radical (unpaired) electrons. The van der Waals surface area contributed by atoms with Gasteiger partial charge in [0.25, 0.3) is 0 Å². The molecule has 3 aromatic rings. The molecule has 2 aromatic heterocycles. The monoisotopic (exact) mass is 406 g/mol. The average molecular weight is 407 g/mol. The number of hydrogen-bond acceptors (Lipinski definition) is 3. The number of unbranched alkanes of at least 4 members (excludes halogenated alkanes) is 9. The van der Waals surface area contributed by atoms with Crippen LogP contribution in [0, 0.1) is 0 Å². The van der Waals surface area contributed by atoms with Crippen molar-refractivity contribution >= 4 is 10.9 Å². The number of rotatable bonds is 14. The van der Waals surface area contributed by atoms with E-state index in [9.17, 15) is 0 Å². The summed E-state index contributed by atoms with van der Waals surface area (Å²) in [5.41, 5.74) is 4.24. The van der Waals surface area contributed by atoms with Crippen molar-refractivity contribution in [2.75, 3.05) is 0 Å². The van der Waals surface area contributed by atoms with E-state index in [4.69, 9.17) is 4.98 Å². The summed E-state index contributed by atoms with van der Waals surface area (Å²) in [6.45, 7) is 5.46. The smallest absolute Gasteiger partial charge is 0.131 e. The van der Waals surface area contributed by atoms with Gasteiger partial charge in [-0.15, -0.1) is 5.10 Å². The van der Waals surface area contributed by atoms with Crippen molar-refractivity contribution in [3.8, 4) is 11.4 Å². The van der Waals surface area contributed by atoms with E-state index in [1.54, 1.807) is 0 Å². The molecule has 0 atom stereocenters. The lowest BCUT2D eigenvalue weighted by atomic mass is 10.0. The topological polar surface area (TPSA) is 43.6 Å². The summed E-state index contributed by atoms with van der Waals surface area (Å²) in [6, 6.07) is 10.7. The first-order valence-corrected chi connectivity index (χ1v) is 12.1. The molecule has 3 rings (SSSR count). The van der Waals surface area contributed by atoms with Crippen LogP contribution >= 0.6 is 0 Å². The molecule has 0 N–H and O–H groups in total. The predicted octanol–water partition coefficient (Wildman–Crippen LogP) is 7.37. The van der Waals surface area contributed by atoms with Crippen LogP contribution in [0.5, 0.6) is 0 Å². The van der Waals surface area contributed by atoms with Gasteiger partial charge in [0.05, 0.1) is 17.4 Å². The van der Waals surface area contributed by atoms with Crippen LogP contribution in [-0.2, 0) is 13.0 Å². The highest BCUT2D eigenvalue weighted by atomic mass is 15.4. The Morgan fingerprint density at radius 3 is 2.30 bits per heavy atom. The van der Waals surface area contributed by atoms with Crippen molar-refractivity contribution in [3.05, 3.63) is 42.1 Å². The van der Waals surface area contributed by atoms with Gasteiger partial charge in [-0.3, -0.25) is 4.68 Å². The molecule has 4 heteroatoms. The molecule has 0 fully saturated rings. The Labute approximate surface area is 182 Å². The van der Waals surface area contributed by atoms with Crippen LogP contribution in [0.4, 0.5) is 0 Å². The highest BCUT2D eigenvalue weighted by Crippen LogP contribution is 2.26. The first-order chi connectivity index (χ1) is 14.8. The Bertz CT molecular complexity index is 884. The van der Waals surface area contributed by atoms with Gasteiger partial charge in [-0.1, -0.05) is 95.0 Å². The minimum absolute atomic E-state index is 0.909. The fraction of sp³-hybridized carbons (Fsp3) is 0.577. The second-order valence-corrected chi connectivity index (χ2v) is 8.49. The number of pyridine rings is 1. The van der Waals surface area contributed by atoms with Crippen molar-refractivity contribution in [2.45, 2.75) is 97.4 Å². The minimum Gasteiger partial charge on any atom is -0.252 e. The summed E-state index contributed by atoms with van der Waals surface area (Å²) >= 11 is 0. The molecule has 4 nitrogen and oxygen atoms in total. The Morgan fingerprint density at radius 1 is 0.800 bits per heavy atom. The van der Waals surface area contributed by atoms with Crippen molar-refractivity contribution in [2.24, 2.45) is 0 Å². The molecule has 0 spiro atoms. The predicted molar refractivity (Wildman–Crippen MR) is 127 cm³/mol. The molecule has 0 aliphatic heterocycles. The van der Waals surface area contributed by atoms with E-state index in [0.29, 0.717) is 0 Å². The van der Waals surface area contributed by atoms with Gasteiger partial charge >= 0.3 is 0 Å². The quantitative estimate of drug-likeness (QED) is 0.263. The Kier molecular flexibility index (Phi) is 9.33. The molecule has 0 unspecified atom stereocenters. The van der Waals surface area contributed by atoms with E-state index in [1.807, 2.05) is 4.68 Å². The maximum absolute atomic E-state index is 4.97. The minimum atomic E-state index is 0.909. The third kappa shape index (κ3) is 6.65. The van der Waals surface area contributed by atoms with Crippen molar-refractivity contribution < 1.29 is 0 Å². The van der Waals surface area contributed by atoms with Crippen molar-refractivity contribution in [3.63, 3.8) is 0 Å². The molecule has 0 saturated heterocycles. The second-order valence-electron chi connectivity index (χ2n) is 8.49. The zero-order valence-corrected chi connectivity index (χ0v) is 18.9. The SMILES string of the molecule is CCCCCCCCCCn1cc(-c2nc3ccccc3cc2CCCCC)nn1. The van der Waals surface area contributed by atoms with Gasteiger partial charge < -0.3 is 0 Å². The molecule has 162 valence electrons. The lowest BCUT2D eigenvalue weighted by Crippen LogP contribution is -1.98. The summed E-state index contributed by atoms with van der Waals surface area (Å²) in [5, 5.41) is 10.1. The van der Waals surface area contributed by atoms with Gasteiger partial charge in [-0.25, -0.2) is 4.98 Å². The fourth-order valence-electron chi connectivity index (χ4n) is 4.06.